The highest BCUT2D eigenvalue weighted by molar-refractivity contribution is 4.83. The SMILES string of the molecule is C1CCC2CCCC2CC2CCCC(C1)C2. The van der Waals surface area contributed by atoms with E-state index in [1.54, 1.807) is 77.0 Å². The van der Waals surface area contributed by atoms with Crippen LogP contribution < -0.4 is 0 Å². The van der Waals surface area contributed by atoms with Crippen LogP contribution in [0.4, 0.5) is 0 Å². The van der Waals surface area contributed by atoms with E-state index in [1.807, 2.05) is 0 Å². The van der Waals surface area contributed by atoms with Gasteiger partial charge in [0.2, 0.25) is 0 Å². The number of fused-ring (bicyclic) bond motifs is 3. The highest BCUT2D eigenvalue weighted by atomic mass is 14.4. The molecule has 3 rings (SSSR count). The first-order valence-corrected chi connectivity index (χ1v) is 7.92. The molecule has 0 spiro atoms. The summed E-state index contributed by atoms with van der Waals surface area (Å²) in [6.07, 6.45) is 18.8. The molecule has 0 aromatic carbocycles. The fourth-order valence-electron chi connectivity index (χ4n) is 4.95. The predicted molar refractivity (Wildman–Crippen MR) is 69.4 cm³/mol. The van der Waals surface area contributed by atoms with Crippen LogP contribution in [0.3, 0.4) is 0 Å². The maximum absolute atomic E-state index is 1.61. The van der Waals surface area contributed by atoms with Crippen molar-refractivity contribution in [3.05, 3.63) is 0 Å². The number of hydrogen-bond acceptors (Lipinski definition) is 0. The van der Waals surface area contributed by atoms with E-state index in [4.69, 9.17) is 0 Å². The number of hydrogen-bond donors (Lipinski definition) is 0. The van der Waals surface area contributed by atoms with Crippen LogP contribution in [0.5, 0.6) is 0 Å². The van der Waals surface area contributed by atoms with Crippen LogP contribution in [0.15, 0.2) is 0 Å². The molecule has 4 unspecified atom stereocenters. The molecule has 0 nitrogen and oxygen atoms in total. The Morgan fingerprint density at radius 2 is 1.06 bits per heavy atom. The fourth-order valence-corrected chi connectivity index (χ4v) is 4.95. The maximum atomic E-state index is 1.61. The van der Waals surface area contributed by atoms with Gasteiger partial charge in [-0.1, -0.05) is 64.2 Å². The van der Waals surface area contributed by atoms with E-state index in [0.29, 0.717) is 0 Å². The first kappa shape index (κ1) is 11.1. The molecular weight excluding hydrogens is 192 g/mol. The third-order valence-electron chi connectivity index (χ3n) is 5.78. The van der Waals surface area contributed by atoms with Gasteiger partial charge in [0.15, 0.2) is 0 Å². The molecule has 3 aliphatic carbocycles. The van der Waals surface area contributed by atoms with Gasteiger partial charge < -0.3 is 0 Å². The van der Waals surface area contributed by atoms with Crippen LogP contribution in [-0.4, -0.2) is 0 Å². The second kappa shape index (κ2) is 5.10. The Hall–Kier alpha value is 0. The van der Waals surface area contributed by atoms with Crippen molar-refractivity contribution in [2.24, 2.45) is 23.7 Å². The summed E-state index contributed by atoms with van der Waals surface area (Å²) in [6, 6.07) is 0. The largest absolute Gasteiger partial charge is 0.0530 e. The van der Waals surface area contributed by atoms with Gasteiger partial charge in [0.25, 0.3) is 0 Å². The first-order chi connectivity index (χ1) is 7.92. The molecule has 3 aliphatic rings. The summed E-state index contributed by atoms with van der Waals surface area (Å²) >= 11 is 0. The van der Waals surface area contributed by atoms with E-state index in [2.05, 4.69) is 0 Å². The zero-order chi connectivity index (χ0) is 10.8. The highest BCUT2D eigenvalue weighted by Gasteiger charge is 2.32. The lowest BCUT2D eigenvalue weighted by Crippen LogP contribution is -2.21. The minimum Gasteiger partial charge on any atom is -0.0530 e. The van der Waals surface area contributed by atoms with Crippen LogP contribution in [0.2, 0.25) is 0 Å². The topological polar surface area (TPSA) is 0 Å². The van der Waals surface area contributed by atoms with E-state index >= 15 is 0 Å². The summed E-state index contributed by atoms with van der Waals surface area (Å²) in [5, 5.41) is 0. The molecule has 0 radical (unpaired) electrons. The van der Waals surface area contributed by atoms with Crippen molar-refractivity contribution in [1.29, 1.82) is 0 Å². The summed E-state index contributed by atoms with van der Waals surface area (Å²) in [5.74, 6) is 4.53. The molecule has 0 amide bonds. The Balaban J connectivity index is 1.66. The Morgan fingerprint density at radius 1 is 0.438 bits per heavy atom. The van der Waals surface area contributed by atoms with Crippen LogP contribution in [0, 0.1) is 23.7 Å². The summed E-state index contributed by atoms with van der Waals surface area (Å²) < 4.78 is 0. The Bertz CT molecular complexity index is 220. The summed E-state index contributed by atoms with van der Waals surface area (Å²) in [7, 11) is 0. The third-order valence-corrected chi connectivity index (χ3v) is 5.78. The zero-order valence-electron chi connectivity index (χ0n) is 10.8. The molecule has 3 saturated carbocycles. The smallest absolute Gasteiger partial charge is 0.0383 e. The minimum absolute atomic E-state index is 1.12. The van der Waals surface area contributed by atoms with Crippen molar-refractivity contribution in [1.82, 2.24) is 0 Å². The van der Waals surface area contributed by atoms with Crippen LogP contribution in [0.1, 0.15) is 77.0 Å². The fraction of sp³-hybridized carbons (Fsp3) is 1.00. The third kappa shape index (κ3) is 2.46. The van der Waals surface area contributed by atoms with E-state index in [0.717, 1.165) is 23.7 Å². The van der Waals surface area contributed by atoms with Crippen LogP contribution >= 0.6 is 0 Å². The molecule has 0 heterocycles. The van der Waals surface area contributed by atoms with Gasteiger partial charge in [-0.3, -0.25) is 0 Å². The molecule has 4 atom stereocenters. The first-order valence-electron chi connectivity index (χ1n) is 7.92. The molecule has 0 heteroatoms. The quantitative estimate of drug-likeness (QED) is 0.528. The molecule has 0 saturated heterocycles. The minimum atomic E-state index is 1.12. The van der Waals surface area contributed by atoms with Crippen molar-refractivity contribution in [2.45, 2.75) is 77.0 Å². The normalized spacial score (nSPS) is 45.0. The second-order valence-electron chi connectivity index (χ2n) is 6.87. The second-order valence-corrected chi connectivity index (χ2v) is 6.87. The van der Waals surface area contributed by atoms with Crippen LogP contribution in [0.25, 0.3) is 0 Å². The lowest BCUT2D eigenvalue weighted by atomic mass is 9.72. The van der Waals surface area contributed by atoms with Gasteiger partial charge in [-0.2, -0.15) is 0 Å². The van der Waals surface area contributed by atoms with Gasteiger partial charge in [0.1, 0.15) is 0 Å². The number of rotatable bonds is 0. The monoisotopic (exact) mass is 220 g/mol. The van der Waals surface area contributed by atoms with Crippen molar-refractivity contribution < 1.29 is 0 Å². The molecule has 0 aromatic heterocycles. The Morgan fingerprint density at radius 3 is 2.06 bits per heavy atom. The van der Waals surface area contributed by atoms with Crippen molar-refractivity contribution in [2.75, 3.05) is 0 Å². The van der Waals surface area contributed by atoms with Crippen molar-refractivity contribution in [3.8, 4) is 0 Å². The lowest BCUT2D eigenvalue weighted by Gasteiger charge is -2.34. The van der Waals surface area contributed by atoms with Gasteiger partial charge >= 0.3 is 0 Å². The average Bonchev–Trinajstić information content (AvgIpc) is 2.72. The molecule has 0 aromatic rings. The molecule has 16 heavy (non-hydrogen) atoms. The van der Waals surface area contributed by atoms with E-state index in [1.165, 1.54) is 0 Å². The Labute approximate surface area is 101 Å². The molecule has 0 N–H and O–H groups in total. The van der Waals surface area contributed by atoms with Crippen LogP contribution in [-0.2, 0) is 0 Å². The van der Waals surface area contributed by atoms with E-state index in [-0.39, 0.29) is 0 Å². The molecular formula is C16H28. The molecule has 92 valence electrons. The summed E-state index contributed by atoms with van der Waals surface area (Å²) in [6.45, 7) is 0. The summed E-state index contributed by atoms with van der Waals surface area (Å²) in [4.78, 5) is 0. The van der Waals surface area contributed by atoms with E-state index < -0.39 is 0 Å². The van der Waals surface area contributed by atoms with Gasteiger partial charge in [-0.25, -0.2) is 0 Å². The highest BCUT2D eigenvalue weighted by Crippen LogP contribution is 2.44. The van der Waals surface area contributed by atoms with Gasteiger partial charge in [0.05, 0.1) is 0 Å². The summed E-state index contributed by atoms with van der Waals surface area (Å²) in [5.41, 5.74) is 0. The van der Waals surface area contributed by atoms with Crippen molar-refractivity contribution in [3.63, 3.8) is 0 Å². The van der Waals surface area contributed by atoms with Gasteiger partial charge in [-0.05, 0) is 36.5 Å². The average molecular weight is 220 g/mol. The lowest BCUT2D eigenvalue weighted by molar-refractivity contribution is 0.182. The predicted octanol–water partition coefficient (Wildman–Crippen LogP) is 5.17. The standard InChI is InChI=1S/C16H28/c1-2-8-15-9-4-10-16(15)12-14-7-3-6-13(5-1)11-14/h13-16H,1-12H2. The van der Waals surface area contributed by atoms with Crippen molar-refractivity contribution >= 4 is 0 Å². The molecule has 0 aliphatic heterocycles. The zero-order valence-corrected chi connectivity index (χ0v) is 10.8. The maximum Gasteiger partial charge on any atom is -0.0383 e. The molecule has 3 fully saturated rings. The van der Waals surface area contributed by atoms with Gasteiger partial charge in [-0.15, -0.1) is 0 Å². The Kier molecular flexibility index (Phi) is 3.54. The van der Waals surface area contributed by atoms with Gasteiger partial charge in [0, 0.05) is 0 Å². The van der Waals surface area contributed by atoms with E-state index in [9.17, 15) is 0 Å². The molecule has 2 bridgehead atoms.